The number of anilines is 1. The maximum atomic E-state index is 12.8. The minimum Gasteiger partial charge on any atom is -0.358 e. The molecule has 0 amide bonds. The lowest BCUT2D eigenvalue weighted by molar-refractivity contribution is 0.617. The highest BCUT2D eigenvalue weighted by molar-refractivity contribution is 8.02. The van der Waals surface area contributed by atoms with Crippen LogP contribution in [0.2, 0.25) is 0 Å². The normalized spacial score (nSPS) is 10.5. The van der Waals surface area contributed by atoms with Gasteiger partial charge in [-0.3, -0.25) is 0 Å². The zero-order valence-corrected chi connectivity index (χ0v) is 11.1. The number of benzene rings is 1. The summed E-state index contributed by atoms with van der Waals surface area (Å²) in [5.41, 5.74) is 2.31. The molecule has 0 fully saturated rings. The van der Waals surface area contributed by atoms with Crippen LogP contribution in [0.4, 0.5) is 10.1 Å². The Morgan fingerprint density at radius 2 is 2.37 bits per heavy atom. The van der Waals surface area contributed by atoms with Gasteiger partial charge in [0.2, 0.25) is 0 Å². The number of rotatable bonds is 3. The first-order chi connectivity index (χ1) is 9.28. The molecule has 94 valence electrons. The van der Waals surface area contributed by atoms with Gasteiger partial charge < -0.3 is 9.71 Å². The van der Waals surface area contributed by atoms with Crippen molar-refractivity contribution in [2.24, 2.45) is 0 Å². The van der Waals surface area contributed by atoms with E-state index in [0.717, 1.165) is 32.1 Å². The van der Waals surface area contributed by atoms with Crippen LogP contribution in [0.25, 0.3) is 10.9 Å². The van der Waals surface area contributed by atoms with Gasteiger partial charge in [-0.1, -0.05) is 23.5 Å². The van der Waals surface area contributed by atoms with Crippen LogP contribution in [-0.4, -0.2) is 9.97 Å². The summed E-state index contributed by atoms with van der Waals surface area (Å²) >= 11 is 2.27. The largest absolute Gasteiger partial charge is 0.358 e. The zero-order chi connectivity index (χ0) is 13.2. The van der Waals surface area contributed by atoms with E-state index < -0.39 is 5.26 Å². The fourth-order valence-electron chi connectivity index (χ4n) is 1.72. The van der Waals surface area contributed by atoms with E-state index in [4.69, 9.17) is 5.26 Å². The molecule has 19 heavy (non-hydrogen) atoms. The number of para-hydroxylation sites is 1. The first kappa shape index (κ1) is 12.0. The van der Waals surface area contributed by atoms with Gasteiger partial charge in [0.1, 0.15) is 10.3 Å². The third-order valence-electron chi connectivity index (χ3n) is 2.55. The number of aromatic nitrogens is 2. The van der Waals surface area contributed by atoms with E-state index in [1.807, 2.05) is 18.2 Å². The van der Waals surface area contributed by atoms with Crippen molar-refractivity contribution < 1.29 is 4.39 Å². The van der Waals surface area contributed by atoms with Crippen molar-refractivity contribution in [3.8, 4) is 6.07 Å². The molecule has 0 saturated carbocycles. The number of nitrogens with one attached hydrogen (secondary N) is 2. The molecule has 0 aliphatic heterocycles. The van der Waals surface area contributed by atoms with E-state index in [2.05, 4.69) is 20.8 Å². The number of nitrogens with zero attached hydrogens (tertiary/aromatic N) is 2. The average Bonchev–Trinajstić information content (AvgIpc) is 3.02. The molecule has 0 aliphatic rings. The summed E-state index contributed by atoms with van der Waals surface area (Å²) < 4.78 is 16.7. The van der Waals surface area contributed by atoms with Crippen LogP contribution < -0.4 is 4.72 Å². The lowest BCUT2D eigenvalue weighted by Gasteiger charge is -2.04. The lowest BCUT2D eigenvalue weighted by atomic mass is 10.2. The zero-order valence-electron chi connectivity index (χ0n) is 9.48. The van der Waals surface area contributed by atoms with Gasteiger partial charge in [0, 0.05) is 11.6 Å². The second-order valence-electron chi connectivity index (χ2n) is 3.68. The molecule has 2 heterocycles. The van der Waals surface area contributed by atoms with Crippen LogP contribution >= 0.6 is 23.3 Å². The van der Waals surface area contributed by atoms with Crippen molar-refractivity contribution in [3.05, 3.63) is 41.4 Å². The molecule has 3 aromatic rings. The summed E-state index contributed by atoms with van der Waals surface area (Å²) in [7, 11) is 0. The Bertz CT molecular complexity index is 771. The average molecular weight is 290 g/mol. The molecular formula is C12H7FN4S2. The molecule has 0 aliphatic carbocycles. The van der Waals surface area contributed by atoms with Crippen LogP contribution in [0.15, 0.2) is 34.8 Å². The van der Waals surface area contributed by atoms with Crippen molar-refractivity contribution in [1.82, 2.24) is 9.97 Å². The summed E-state index contributed by atoms with van der Waals surface area (Å²) in [4.78, 5) is 6.61. The quantitative estimate of drug-likeness (QED) is 0.721. The summed E-state index contributed by atoms with van der Waals surface area (Å²) in [6.45, 7) is 0. The number of thiazole rings is 1. The van der Waals surface area contributed by atoms with Crippen molar-refractivity contribution >= 4 is 39.9 Å². The van der Waals surface area contributed by atoms with Crippen molar-refractivity contribution in [2.75, 3.05) is 4.72 Å². The highest BCUT2D eigenvalue weighted by atomic mass is 32.2. The third kappa shape index (κ3) is 2.28. The Labute approximate surface area is 116 Å². The lowest BCUT2D eigenvalue weighted by Crippen LogP contribution is -1.86. The minimum atomic E-state index is -0.450. The highest BCUT2D eigenvalue weighted by Gasteiger charge is 2.08. The molecule has 0 saturated heterocycles. The first-order valence-corrected chi connectivity index (χ1v) is 6.95. The Morgan fingerprint density at radius 3 is 3.11 bits per heavy atom. The van der Waals surface area contributed by atoms with Crippen molar-refractivity contribution in [1.29, 1.82) is 5.26 Å². The van der Waals surface area contributed by atoms with Crippen LogP contribution in [-0.2, 0) is 0 Å². The maximum absolute atomic E-state index is 12.8. The van der Waals surface area contributed by atoms with Crippen LogP contribution in [0.3, 0.4) is 0 Å². The number of hydrogen-bond donors (Lipinski definition) is 2. The Balaban J connectivity index is 1.89. The molecule has 4 nitrogen and oxygen atoms in total. The van der Waals surface area contributed by atoms with Crippen LogP contribution in [0.5, 0.6) is 0 Å². The monoisotopic (exact) mass is 290 g/mol. The molecule has 2 N–H and O–H groups in total. The van der Waals surface area contributed by atoms with E-state index in [1.165, 1.54) is 18.1 Å². The number of hydrogen-bond acceptors (Lipinski definition) is 5. The van der Waals surface area contributed by atoms with Crippen molar-refractivity contribution in [3.63, 3.8) is 0 Å². The summed E-state index contributed by atoms with van der Waals surface area (Å²) in [6.07, 6.45) is 3.15. The number of aromatic amines is 1. The Hall–Kier alpha value is -2.04. The van der Waals surface area contributed by atoms with Gasteiger partial charge in [-0.15, -0.1) is 0 Å². The van der Waals surface area contributed by atoms with E-state index >= 15 is 0 Å². The summed E-state index contributed by atoms with van der Waals surface area (Å²) in [5.74, 6) is 0. The van der Waals surface area contributed by atoms with Gasteiger partial charge in [-0.25, -0.2) is 4.98 Å². The maximum Gasteiger partial charge on any atom is 0.270 e. The molecule has 0 atom stereocenters. The minimum absolute atomic E-state index is 0.450. The van der Waals surface area contributed by atoms with Gasteiger partial charge in [0.15, 0.2) is 0 Å². The Kier molecular flexibility index (Phi) is 3.11. The van der Waals surface area contributed by atoms with E-state index in [1.54, 1.807) is 6.20 Å². The van der Waals surface area contributed by atoms with Crippen molar-refractivity contribution in [2.45, 2.75) is 4.21 Å². The third-order valence-corrected chi connectivity index (χ3v) is 4.26. The van der Waals surface area contributed by atoms with Crippen LogP contribution in [0.1, 0.15) is 5.56 Å². The molecular weight excluding hydrogens is 283 g/mol. The van der Waals surface area contributed by atoms with Gasteiger partial charge in [-0.05, 0) is 18.0 Å². The molecule has 0 unspecified atom stereocenters. The Morgan fingerprint density at radius 1 is 1.47 bits per heavy atom. The molecule has 1 aromatic carbocycles. The topological polar surface area (TPSA) is 64.5 Å². The first-order valence-electron chi connectivity index (χ1n) is 5.32. The molecule has 0 spiro atoms. The predicted molar refractivity (Wildman–Crippen MR) is 74.6 cm³/mol. The smallest absolute Gasteiger partial charge is 0.270 e. The second-order valence-corrected chi connectivity index (χ2v) is 5.77. The standard InChI is InChI=1S/C12H7FN4S2/c13-12-16-6-10(18-12)19-17-9-3-1-2-8-7(4-14)5-15-11(8)9/h1-3,5-6,15,17H. The molecule has 0 bridgehead atoms. The SMILES string of the molecule is N#Cc1c[nH]c2c(NSc3cnc(F)s3)cccc12. The number of H-pyrrole nitrogens is 1. The summed E-state index contributed by atoms with van der Waals surface area (Å²) in [5, 5.41) is 9.40. The molecule has 2 aromatic heterocycles. The fraction of sp³-hybridized carbons (Fsp3) is 0. The van der Waals surface area contributed by atoms with E-state index in [9.17, 15) is 4.39 Å². The van der Waals surface area contributed by atoms with Crippen LogP contribution in [0, 0.1) is 16.6 Å². The number of fused-ring (bicyclic) bond motifs is 1. The van der Waals surface area contributed by atoms with Gasteiger partial charge in [0.25, 0.3) is 5.26 Å². The number of halogens is 1. The van der Waals surface area contributed by atoms with E-state index in [0.29, 0.717) is 5.56 Å². The highest BCUT2D eigenvalue weighted by Crippen LogP contribution is 2.30. The number of nitriles is 1. The van der Waals surface area contributed by atoms with Gasteiger partial charge in [-0.2, -0.15) is 9.65 Å². The molecule has 3 rings (SSSR count). The molecule has 0 radical (unpaired) electrons. The van der Waals surface area contributed by atoms with Gasteiger partial charge >= 0.3 is 0 Å². The fourth-order valence-corrected chi connectivity index (χ4v) is 3.08. The second kappa shape index (κ2) is 4.91. The summed E-state index contributed by atoms with van der Waals surface area (Å²) in [6, 6.07) is 7.77. The molecule has 7 heteroatoms. The van der Waals surface area contributed by atoms with Gasteiger partial charge in [0.05, 0.1) is 23.0 Å². The van der Waals surface area contributed by atoms with E-state index in [-0.39, 0.29) is 0 Å². The predicted octanol–water partition coefficient (Wildman–Crippen LogP) is 3.75.